The number of nitrogens with two attached hydrogens (primary N) is 1. The molecule has 1 aromatic heterocycles. The summed E-state index contributed by atoms with van der Waals surface area (Å²) in [5.41, 5.74) is 7.19. The molecule has 0 saturated carbocycles. The number of carbonyl (C=O) groups is 2. The van der Waals surface area contributed by atoms with Crippen molar-refractivity contribution in [3.8, 4) is 11.1 Å². The second kappa shape index (κ2) is 7.27. The Morgan fingerprint density at radius 1 is 1.00 bits per heavy atom. The third-order valence-corrected chi connectivity index (χ3v) is 4.49. The molecule has 0 saturated heterocycles. The first-order chi connectivity index (χ1) is 12.1. The molecule has 3 aromatic rings. The fraction of sp³-hybridized carbons (Fsp3) is 0.0526. The van der Waals surface area contributed by atoms with Crippen molar-refractivity contribution in [3.63, 3.8) is 0 Å². The van der Waals surface area contributed by atoms with Crippen LogP contribution in [-0.2, 0) is 9.53 Å². The van der Waals surface area contributed by atoms with Crippen LogP contribution in [0.2, 0.25) is 0 Å². The van der Waals surface area contributed by atoms with Gasteiger partial charge in [-0.2, -0.15) is 0 Å². The Balaban J connectivity index is 1.88. The van der Waals surface area contributed by atoms with E-state index in [1.807, 2.05) is 0 Å². The summed E-state index contributed by atoms with van der Waals surface area (Å²) in [6, 6.07) is 16.1. The largest absolute Gasteiger partial charge is 0.443 e. The van der Waals surface area contributed by atoms with Crippen molar-refractivity contribution in [2.24, 2.45) is 5.73 Å². The van der Waals surface area contributed by atoms with Crippen LogP contribution in [0, 0.1) is 5.82 Å². The minimum atomic E-state index is -1.17. The van der Waals surface area contributed by atoms with Crippen molar-refractivity contribution in [1.82, 2.24) is 0 Å². The molecule has 0 radical (unpaired) electrons. The van der Waals surface area contributed by atoms with Crippen LogP contribution < -0.4 is 5.73 Å². The number of carbonyl (C=O) groups excluding carboxylic acids is 2. The van der Waals surface area contributed by atoms with Crippen molar-refractivity contribution >= 4 is 23.2 Å². The van der Waals surface area contributed by atoms with Gasteiger partial charge in [-0.15, -0.1) is 11.3 Å². The Kier molecular flexibility index (Phi) is 4.90. The predicted octanol–water partition coefficient (Wildman–Crippen LogP) is 3.94. The van der Waals surface area contributed by atoms with Gasteiger partial charge in [-0.3, -0.25) is 4.79 Å². The summed E-state index contributed by atoms with van der Waals surface area (Å²) >= 11 is 1.19. The molecule has 1 atom stereocenters. The minimum absolute atomic E-state index is 0.328. The van der Waals surface area contributed by atoms with E-state index in [0.29, 0.717) is 21.6 Å². The molecule has 0 aliphatic carbocycles. The SMILES string of the molecule is NC(=O)[C@@H](OC(=O)c1sccc1-c1ccc(F)cc1)c1ccccc1. The lowest BCUT2D eigenvalue weighted by Gasteiger charge is -2.15. The van der Waals surface area contributed by atoms with Crippen LogP contribution in [0.15, 0.2) is 66.0 Å². The van der Waals surface area contributed by atoms with E-state index in [4.69, 9.17) is 10.5 Å². The van der Waals surface area contributed by atoms with Crippen LogP contribution in [0.3, 0.4) is 0 Å². The van der Waals surface area contributed by atoms with Crippen molar-refractivity contribution in [3.05, 3.63) is 82.3 Å². The Morgan fingerprint density at radius 3 is 2.32 bits per heavy atom. The van der Waals surface area contributed by atoms with Crippen LogP contribution in [-0.4, -0.2) is 11.9 Å². The van der Waals surface area contributed by atoms with Gasteiger partial charge < -0.3 is 10.5 Å². The lowest BCUT2D eigenvalue weighted by Crippen LogP contribution is -2.26. The van der Waals surface area contributed by atoms with Gasteiger partial charge in [-0.25, -0.2) is 9.18 Å². The monoisotopic (exact) mass is 355 g/mol. The summed E-state index contributed by atoms with van der Waals surface area (Å²) in [6.07, 6.45) is -1.17. The molecule has 3 rings (SSSR count). The van der Waals surface area contributed by atoms with Crippen molar-refractivity contribution < 1.29 is 18.7 Å². The van der Waals surface area contributed by atoms with E-state index in [2.05, 4.69) is 0 Å². The third-order valence-electron chi connectivity index (χ3n) is 3.59. The second-order valence-electron chi connectivity index (χ2n) is 5.27. The first-order valence-corrected chi connectivity index (χ1v) is 8.33. The number of amides is 1. The van der Waals surface area contributed by atoms with Gasteiger partial charge in [0.15, 0.2) is 0 Å². The van der Waals surface area contributed by atoms with Crippen molar-refractivity contribution in [2.45, 2.75) is 6.10 Å². The molecular weight excluding hydrogens is 341 g/mol. The summed E-state index contributed by atoms with van der Waals surface area (Å²) in [4.78, 5) is 24.6. The van der Waals surface area contributed by atoms with E-state index in [9.17, 15) is 14.0 Å². The highest BCUT2D eigenvalue weighted by atomic mass is 32.1. The molecule has 0 unspecified atom stereocenters. The maximum atomic E-state index is 13.1. The molecule has 0 bridgehead atoms. The van der Waals surface area contributed by atoms with E-state index < -0.39 is 18.0 Å². The number of thiophene rings is 1. The van der Waals surface area contributed by atoms with Crippen LogP contribution in [0.5, 0.6) is 0 Å². The van der Waals surface area contributed by atoms with E-state index in [1.165, 1.54) is 23.5 Å². The number of ether oxygens (including phenoxy) is 1. The van der Waals surface area contributed by atoms with Gasteiger partial charge in [-0.05, 0) is 29.1 Å². The minimum Gasteiger partial charge on any atom is -0.443 e. The zero-order valence-corrected chi connectivity index (χ0v) is 13.8. The van der Waals surface area contributed by atoms with Crippen LogP contribution in [0.1, 0.15) is 21.3 Å². The van der Waals surface area contributed by atoms with Gasteiger partial charge in [0.1, 0.15) is 10.7 Å². The van der Waals surface area contributed by atoms with E-state index in [0.717, 1.165) is 0 Å². The average molecular weight is 355 g/mol. The number of primary amides is 1. The van der Waals surface area contributed by atoms with Crippen LogP contribution in [0.25, 0.3) is 11.1 Å². The standard InChI is InChI=1S/C19H14FNO3S/c20-14-8-6-12(7-9-14)15-10-11-25-17(15)19(23)24-16(18(21)22)13-4-2-1-3-5-13/h1-11,16H,(H2,21,22)/t16-/m0/s1. The van der Waals surface area contributed by atoms with Gasteiger partial charge in [0.05, 0.1) is 0 Å². The molecule has 0 fully saturated rings. The molecular formula is C19H14FNO3S. The summed E-state index contributed by atoms with van der Waals surface area (Å²) in [5, 5.41) is 1.73. The smallest absolute Gasteiger partial charge is 0.350 e. The predicted molar refractivity (Wildman–Crippen MR) is 93.5 cm³/mol. The van der Waals surface area contributed by atoms with Crippen LogP contribution in [0.4, 0.5) is 4.39 Å². The van der Waals surface area contributed by atoms with E-state index in [1.54, 1.807) is 53.9 Å². The van der Waals surface area contributed by atoms with Crippen LogP contribution >= 0.6 is 11.3 Å². The lowest BCUT2D eigenvalue weighted by molar-refractivity contribution is -0.127. The molecule has 0 aliphatic heterocycles. The Bertz CT molecular complexity index is 891. The lowest BCUT2D eigenvalue weighted by atomic mass is 10.1. The maximum Gasteiger partial charge on any atom is 0.350 e. The molecule has 4 nitrogen and oxygen atoms in total. The number of benzene rings is 2. The number of hydrogen-bond donors (Lipinski definition) is 1. The summed E-state index contributed by atoms with van der Waals surface area (Å²) < 4.78 is 18.4. The highest BCUT2D eigenvalue weighted by molar-refractivity contribution is 7.12. The van der Waals surface area contributed by atoms with E-state index >= 15 is 0 Å². The highest BCUT2D eigenvalue weighted by Crippen LogP contribution is 2.30. The molecule has 1 amide bonds. The second-order valence-corrected chi connectivity index (χ2v) is 6.18. The fourth-order valence-electron chi connectivity index (χ4n) is 2.40. The first kappa shape index (κ1) is 16.9. The van der Waals surface area contributed by atoms with Crippen molar-refractivity contribution in [2.75, 3.05) is 0 Å². The Morgan fingerprint density at radius 2 is 1.68 bits per heavy atom. The van der Waals surface area contributed by atoms with Crippen molar-refractivity contribution in [1.29, 1.82) is 0 Å². The first-order valence-electron chi connectivity index (χ1n) is 7.45. The summed E-state index contributed by atoms with van der Waals surface area (Å²) in [7, 11) is 0. The maximum absolute atomic E-state index is 13.1. The number of halogens is 1. The topological polar surface area (TPSA) is 69.4 Å². The third kappa shape index (κ3) is 3.75. The normalized spacial score (nSPS) is 11.7. The quantitative estimate of drug-likeness (QED) is 0.705. The average Bonchev–Trinajstić information content (AvgIpc) is 3.10. The molecule has 1 heterocycles. The Hall–Kier alpha value is -2.99. The molecule has 2 aromatic carbocycles. The molecule has 0 aliphatic rings. The highest BCUT2D eigenvalue weighted by Gasteiger charge is 2.25. The zero-order valence-electron chi connectivity index (χ0n) is 13.0. The zero-order chi connectivity index (χ0) is 17.8. The number of esters is 1. The molecule has 6 heteroatoms. The van der Waals surface area contributed by atoms with Gasteiger partial charge in [0.2, 0.25) is 6.10 Å². The molecule has 25 heavy (non-hydrogen) atoms. The number of rotatable bonds is 5. The molecule has 126 valence electrons. The van der Waals surface area contributed by atoms with Gasteiger partial charge >= 0.3 is 5.97 Å². The Labute approximate surface area is 147 Å². The summed E-state index contributed by atoms with van der Waals surface area (Å²) in [5.74, 6) is -1.76. The molecule has 2 N–H and O–H groups in total. The molecule has 0 spiro atoms. The van der Waals surface area contributed by atoms with Gasteiger partial charge in [0, 0.05) is 11.1 Å². The van der Waals surface area contributed by atoms with E-state index in [-0.39, 0.29) is 5.82 Å². The van der Waals surface area contributed by atoms with Gasteiger partial charge in [-0.1, -0.05) is 42.5 Å². The number of hydrogen-bond acceptors (Lipinski definition) is 4. The van der Waals surface area contributed by atoms with Gasteiger partial charge in [0.25, 0.3) is 5.91 Å². The fourth-order valence-corrected chi connectivity index (χ4v) is 3.20. The summed E-state index contributed by atoms with van der Waals surface area (Å²) in [6.45, 7) is 0.